The summed E-state index contributed by atoms with van der Waals surface area (Å²) in [7, 11) is -3.47. The van der Waals surface area contributed by atoms with Crippen LogP contribution in [0, 0.1) is 0 Å². The van der Waals surface area contributed by atoms with E-state index in [0.717, 1.165) is 10.7 Å². The van der Waals surface area contributed by atoms with Crippen LogP contribution in [0.5, 0.6) is 5.88 Å². The van der Waals surface area contributed by atoms with Crippen molar-refractivity contribution in [2.24, 2.45) is 0 Å². The van der Waals surface area contributed by atoms with Crippen LogP contribution in [0.15, 0.2) is 57.7 Å². The van der Waals surface area contributed by atoms with Gasteiger partial charge in [0.05, 0.1) is 4.90 Å². The predicted octanol–water partition coefficient (Wildman–Crippen LogP) is 2.59. The van der Waals surface area contributed by atoms with Crippen molar-refractivity contribution in [2.75, 3.05) is 12.9 Å². The van der Waals surface area contributed by atoms with Gasteiger partial charge in [-0.05, 0) is 28.1 Å². The number of cyclic esters (lactones) is 1. The highest BCUT2D eigenvalue weighted by Gasteiger charge is 2.31. The second-order valence-corrected chi connectivity index (χ2v) is 7.97. The number of carbonyl (C=O) groups excluding carboxylic acids is 1. The van der Waals surface area contributed by atoms with Crippen LogP contribution in [-0.4, -0.2) is 32.2 Å². The van der Waals surface area contributed by atoms with E-state index in [0.29, 0.717) is 11.1 Å². The fourth-order valence-electron chi connectivity index (χ4n) is 2.26. The van der Waals surface area contributed by atoms with Crippen molar-refractivity contribution in [3.8, 4) is 5.88 Å². The minimum Gasteiger partial charge on any atom is -0.455 e. The smallest absolute Gasteiger partial charge is 0.375 e. The Morgan fingerprint density at radius 1 is 1.21 bits per heavy atom. The minimum absolute atomic E-state index is 0.0547. The van der Waals surface area contributed by atoms with E-state index in [1.54, 1.807) is 30.3 Å². The zero-order chi connectivity index (χ0) is 17.3. The van der Waals surface area contributed by atoms with Crippen molar-refractivity contribution in [1.82, 2.24) is 4.98 Å². The number of pyridine rings is 1. The molecule has 2 heterocycles. The van der Waals surface area contributed by atoms with Crippen LogP contribution in [0.3, 0.4) is 0 Å². The Hall–Kier alpha value is -2.19. The van der Waals surface area contributed by atoms with E-state index in [-0.39, 0.29) is 23.1 Å². The lowest BCUT2D eigenvalue weighted by Gasteiger charge is -2.09. The van der Waals surface area contributed by atoms with Crippen molar-refractivity contribution in [2.45, 2.75) is 4.90 Å². The van der Waals surface area contributed by atoms with Gasteiger partial charge in [-0.15, -0.1) is 0 Å². The Kier molecular flexibility index (Phi) is 4.42. The number of sulfone groups is 1. The van der Waals surface area contributed by atoms with Gasteiger partial charge in [0.1, 0.15) is 6.61 Å². The average Bonchev–Trinajstić information content (AvgIpc) is 2.90. The number of rotatable bonds is 4. The second kappa shape index (κ2) is 6.37. The Balaban J connectivity index is 2.09. The number of hydrogen-bond acceptors (Lipinski definition) is 6. The summed E-state index contributed by atoms with van der Waals surface area (Å²) in [5.41, 5.74) is 0.767. The zero-order valence-corrected chi connectivity index (χ0v) is 14.9. The van der Waals surface area contributed by atoms with Crippen molar-refractivity contribution in [1.29, 1.82) is 0 Å². The van der Waals surface area contributed by atoms with Crippen LogP contribution < -0.4 is 4.74 Å². The standard InChI is InChI=1S/C16H12BrNO5S/c1-24(20,21)13-5-3-2-4-11(13)12-9-22-16(19)15(12)23-14-7-6-10(17)8-18-14/h2-8H,9H2,1H3. The lowest BCUT2D eigenvalue weighted by atomic mass is 10.1. The third kappa shape index (κ3) is 3.34. The van der Waals surface area contributed by atoms with E-state index in [9.17, 15) is 13.2 Å². The summed E-state index contributed by atoms with van der Waals surface area (Å²) in [5.74, 6) is -0.500. The lowest BCUT2D eigenvalue weighted by Crippen LogP contribution is -2.08. The maximum Gasteiger partial charge on any atom is 0.375 e. The minimum atomic E-state index is -3.47. The molecule has 0 saturated heterocycles. The van der Waals surface area contributed by atoms with Gasteiger partial charge in [-0.25, -0.2) is 18.2 Å². The summed E-state index contributed by atoms with van der Waals surface area (Å²) in [4.78, 5) is 16.2. The normalized spacial score (nSPS) is 14.7. The Morgan fingerprint density at radius 3 is 2.62 bits per heavy atom. The summed E-state index contributed by atoms with van der Waals surface area (Å²) in [5, 5.41) is 0. The molecule has 0 amide bonds. The van der Waals surface area contributed by atoms with E-state index in [4.69, 9.17) is 9.47 Å². The Bertz CT molecular complexity index is 935. The van der Waals surface area contributed by atoms with Gasteiger partial charge in [-0.2, -0.15) is 0 Å². The number of ether oxygens (including phenoxy) is 2. The highest BCUT2D eigenvalue weighted by molar-refractivity contribution is 9.10. The molecule has 1 aromatic carbocycles. The topological polar surface area (TPSA) is 82.6 Å². The molecule has 0 radical (unpaired) electrons. The fourth-order valence-corrected chi connectivity index (χ4v) is 3.41. The van der Waals surface area contributed by atoms with E-state index >= 15 is 0 Å². The quantitative estimate of drug-likeness (QED) is 0.721. The van der Waals surface area contributed by atoms with Gasteiger partial charge in [-0.1, -0.05) is 18.2 Å². The molecular formula is C16H12BrNO5S. The fraction of sp³-hybridized carbons (Fsp3) is 0.125. The predicted molar refractivity (Wildman–Crippen MR) is 90.0 cm³/mol. The molecule has 0 fully saturated rings. The van der Waals surface area contributed by atoms with E-state index < -0.39 is 15.8 Å². The molecule has 6 nitrogen and oxygen atoms in total. The maximum atomic E-state index is 12.0. The summed E-state index contributed by atoms with van der Waals surface area (Å²) in [6, 6.07) is 9.71. The molecule has 1 aromatic heterocycles. The average molecular weight is 410 g/mol. The zero-order valence-electron chi connectivity index (χ0n) is 12.5. The first-order chi connectivity index (χ1) is 11.4. The molecule has 3 rings (SSSR count). The van der Waals surface area contributed by atoms with Gasteiger partial charge in [-0.3, -0.25) is 0 Å². The SMILES string of the molecule is CS(=O)(=O)c1ccccc1C1=C(Oc2ccc(Br)cn2)C(=O)OC1. The van der Waals surface area contributed by atoms with Crippen molar-refractivity contribution in [3.05, 3.63) is 58.4 Å². The molecule has 0 spiro atoms. The summed E-state index contributed by atoms with van der Waals surface area (Å²) in [6.07, 6.45) is 2.64. The number of benzene rings is 1. The lowest BCUT2D eigenvalue weighted by molar-refractivity contribution is -0.138. The highest BCUT2D eigenvalue weighted by atomic mass is 79.9. The molecule has 0 unspecified atom stereocenters. The van der Waals surface area contributed by atoms with Crippen LogP contribution in [0.25, 0.3) is 5.57 Å². The third-order valence-electron chi connectivity index (χ3n) is 3.33. The molecule has 0 bridgehead atoms. The molecular weight excluding hydrogens is 398 g/mol. The van der Waals surface area contributed by atoms with Gasteiger partial charge in [0.2, 0.25) is 11.6 Å². The van der Waals surface area contributed by atoms with Gasteiger partial charge in [0, 0.05) is 34.1 Å². The molecule has 0 atom stereocenters. The van der Waals surface area contributed by atoms with Crippen LogP contribution in [0.1, 0.15) is 5.56 Å². The second-order valence-electron chi connectivity index (χ2n) is 5.07. The van der Waals surface area contributed by atoms with Crippen LogP contribution in [-0.2, 0) is 19.4 Å². The summed E-state index contributed by atoms with van der Waals surface area (Å²) in [6.45, 7) is -0.0583. The molecule has 0 aliphatic carbocycles. The van der Waals surface area contributed by atoms with Gasteiger partial charge >= 0.3 is 5.97 Å². The van der Waals surface area contributed by atoms with E-state index in [2.05, 4.69) is 20.9 Å². The highest BCUT2D eigenvalue weighted by Crippen LogP contribution is 2.31. The summed E-state index contributed by atoms with van der Waals surface area (Å²) >= 11 is 3.26. The van der Waals surface area contributed by atoms with Crippen LogP contribution in [0.4, 0.5) is 0 Å². The van der Waals surface area contributed by atoms with Crippen LogP contribution in [0.2, 0.25) is 0 Å². The van der Waals surface area contributed by atoms with Gasteiger partial charge < -0.3 is 9.47 Å². The number of hydrogen-bond donors (Lipinski definition) is 0. The number of aromatic nitrogens is 1. The van der Waals surface area contributed by atoms with E-state index in [1.807, 2.05) is 0 Å². The van der Waals surface area contributed by atoms with E-state index in [1.165, 1.54) is 12.3 Å². The van der Waals surface area contributed by atoms with Crippen molar-refractivity contribution >= 4 is 37.3 Å². The summed E-state index contributed by atoms with van der Waals surface area (Å²) < 4.78 is 35.3. The monoisotopic (exact) mass is 409 g/mol. The Labute approximate surface area is 147 Å². The van der Waals surface area contributed by atoms with Crippen LogP contribution >= 0.6 is 15.9 Å². The first-order valence-corrected chi connectivity index (χ1v) is 9.54. The number of carbonyl (C=O) groups is 1. The van der Waals surface area contributed by atoms with Crippen molar-refractivity contribution < 1.29 is 22.7 Å². The molecule has 124 valence electrons. The van der Waals surface area contributed by atoms with Crippen molar-refractivity contribution in [3.63, 3.8) is 0 Å². The molecule has 0 N–H and O–H groups in total. The Morgan fingerprint density at radius 2 is 1.96 bits per heavy atom. The molecule has 1 aliphatic heterocycles. The third-order valence-corrected chi connectivity index (χ3v) is 4.95. The molecule has 1 aliphatic rings. The number of nitrogens with zero attached hydrogens (tertiary/aromatic N) is 1. The molecule has 0 saturated carbocycles. The molecule has 8 heteroatoms. The van der Waals surface area contributed by atoms with Gasteiger partial charge in [0.25, 0.3) is 0 Å². The first kappa shape index (κ1) is 16.7. The largest absolute Gasteiger partial charge is 0.455 e. The first-order valence-electron chi connectivity index (χ1n) is 6.85. The molecule has 24 heavy (non-hydrogen) atoms. The number of halogens is 1. The number of esters is 1. The molecule has 2 aromatic rings. The maximum absolute atomic E-state index is 12.0. The van der Waals surface area contributed by atoms with Gasteiger partial charge in [0.15, 0.2) is 9.84 Å².